The van der Waals surface area contributed by atoms with E-state index in [0.717, 1.165) is 24.9 Å². The van der Waals surface area contributed by atoms with Crippen molar-refractivity contribution in [2.75, 3.05) is 86.7 Å². The van der Waals surface area contributed by atoms with Crippen LogP contribution in [-0.2, 0) is 52.0 Å². The van der Waals surface area contributed by atoms with E-state index in [0.29, 0.717) is 0 Å². The summed E-state index contributed by atoms with van der Waals surface area (Å²) in [6.45, 7) is 2.17. The number of nitriles is 1. The first-order valence-electron chi connectivity index (χ1n) is 16.0. The largest absolute Gasteiger partial charge is 0.462 e. The number of aromatic amines is 1. The number of nitrogens with zero attached hydrogens (tertiary/aromatic N) is 3. The number of rotatable bonds is 22. The van der Waals surface area contributed by atoms with Crippen LogP contribution in [-0.4, -0.2) is 154 Å². The second kappa shape index (κ2) is 24.0. The number of amides is 3. The standard InChI is InChI=1S/C29H45N8O14P/c1-46-27(43)24(41)32-9-13-36(14-10-33-25(42)28(44)47-2)12-8-31-20(39)6-16-48-18-34-22-23(51-52(3)49-15-4-7-30)19(17-38)50-26(22)37-11-5-21(40)35-29(37)45/h5,11,19,22-23,26,34,38H,4,6,8-10,12-18H2,1-3H3,(H,31,39)(H,32,41)(H,33,42)(H,35,40,45). The van der Waals surface area contributed by atoms with Crippen LogP contribution in [0.2, 0.25) is 0 Å². The molecule has 23 heteroatoms. The molecule has 2 rings (SSSR count). The second-order valence-corrected chi connectivity index (χ2v) is 12.1. The minimum atomic E-state index is -1.52. The second-order valence-electron chi connectivity index (χ2n) is 10.7. The van der Waals surface area contributed by atoms with Crippen LogP contribution in [0.4, 0.5) is 0 Å². The Hall–Kier alpha value is -4.33. The van der Waals surface area contributed by atoms with Crippen molar-refractivity contribution in [3.05, 3.63) is 33.1 Å². The van der Waals surface area contributed by atoms with E-state index in [4.69, 9.17) is 23.8 Å². The summed E-state index contributed by atoms with van der Waals surface area (Å²) in [5.41, 5.74) is -1.36. The van der Waals surface area contributed by atoms with Gasteiger partial charge in [0.15, 0.2) is 14.6 Å². The molecule has 2 heterocycles. The van der Waals surface area contributed by atoms with Crippen molar-refractivity contribution in [3.8, 4) is 6.07 Å². The Kier molecular flexibility index (Phi) is 20.2. The van der Waals surface area contributed by atoms with E-state index in [1.54, 1.807) is 11.6 Å². The number of esters is 2. The van der Waals surface area contributed by atoms with Crippen molar-refractivity contribution in [2.45, 2.75) is 37.3 Å². The number of ether oxygens (including phenoxy) is 4. The van der Waals surface area contributed by atoms with E-state index in [1.165, 1.54) is 6.20 Å². The number of aromatic nitrogens is 2. The first kappa shape index (κ1) is 43.8. The molecule has 1 aliphatic rings. The first-order chi connectivity index (χ1) is 24.9. The van der Waals surface area contributed by atoms with E-state index in [2.05, 4.69) is 35.7 Å². The summed E-state index contributed by atoms with van der Waals surface area (Å²) in [5.74, 6) is -4.33. The maximum absolute atomic E-state index is 12.6. The maximum atomic E-state index is 12.6. The predicted octanol–water partition coefficient (Wildman–Crippen LogP) is -4.00. The van der Waals surface area contributed by atoms with Gasteiger partial charge in [0.1, 0.15) is 12.2 Å². The molecule has 52 heavy (non-hydrogen) atoms. The highest BCUT2D eigenvalue weighted by Crippen LogP contribution is 2.41. The molecule has 0 aromatic carbocycles. The molecule has 0 aliphatic carbocycles. The lowest BCUT2D eigenvalue weighted by molar-refractivity contribution is -0.152. The third-order valence-electron chi connectivity index (χ3n) is 7.22. The van der Waals surface area contributed by atoms with E-state index in [9.17, 15) is 38.7 Å². The zero-order valence-corrected chi connectivity index (χ0v) is 29.9. The lowest BCUT2D eigenvalue weighted by Crippen LogP contribution is -2.47. The molecule has 6 N–H and O–H groups in total. The molecule has 1 saturated heterocycles. The third kappa shape index (κ3) is 15.1. The van der Waals surface area contributed by atoms with Gasteiger partial charge in [0.2, 0.25) is 5.91 Å². The molecule has 0 spiro atoms. The molecule has 1 aliphatic heterocycles. The van der Waals surface area contributed by atoms with Gasteiger partial charge in [-0.1, -0.05) is 0 Å². The Morgan fingerprint density at radius 3 is 2.19 bits per heavy atom. The molecule has 1 aromatic heterocycles. The average Bonchev–Trinajstić information content (AvgIpc) is 3.46. The zero-order chi connectivity index (χ0) is 38.5. The zero-order valence-electron chi connectivity index (χ0n) is 29.0. The Morgan fingerprint density at radius 1 is 1.02 bits per heavy atom. The fourth-order valence-electron chi connectivity index (χ4n) is 4.67. The molecule has 290 valence electrons. The molecule has 5 atom stereocenters. The van der Waals surface area contributed by atoms with E-state index < -0.39 is 74.5 Å². The van der Waals surface area contributed by atoms with Crippen molar-refractivity contribution in [2.24, 2.45) is 0 Å². The van der Waals surface area contributed by atoms with E-state index in [-0.39, 0.29) is 78.0 Å². The van der Waals surface area contributed by atoms with Crippen molar-refractivity contribution in [3.63, 3.8) is 0 Å². The predicted molar refractivity (Wildman–Crippen MR) is 178 cm³/mol. The quantitative estimate of drug-likeness (QED) is 0.0216. The van der Waals surface area contributed by atoms with E-state index in [1.807, 2.05) is 6.07 Å². The van der Waals surface area contributed by atoms with Crippen LogP contribution in [0.1, 0.15) is 19.1 Å². The van der Waals surface area contributed by atoms with Crippen LogP contribution in [0.15, 0.2) is 21.9 Å². The average molecular weight is 761 g/mol. The molecule has 5 unspecified atom stereocenters. The number of hydrogen-bond acceptors (Lipinski definition) is 17. The van der Waals surface area contributed by atoms with Crippen LogP contribution in [0.25, 0.3) is 0 Å². The van der Waals surface area contributed by atoms with Crippen LogP contribution in [0.5, 0.6) is 0 Å². The fraction of sp³-hybridized carbons (Fsp3) is 0.655. The van der Waals surface area contributed by atoms with Gasteiger partial charge in [-0.15, -0.1) is 0 Å². The maximum Gasteiger partial charge on any atom is 0.396 e. The van der Waals surface area contributed by atoms with Crippen LogP contribution in [0.3, 0.4) is 0 Å². The summed E-state index contributed by atoms with van der Waals surface area (Å²) in [6.07, 6.45) is -1.42. The highest BCUT2D eigenvalue weighted by molar-refractivity contribution is 7.46. The number of nitrogens with one attached hydrogen (secondary N) is 5. The van der Waals surface area contributed by atoms with Gasteiger partial charge in [-0.25, -0.2) is 14.4 Å². The van der Waals surface area contributed by atoms with Gasteiger partial charge in [-0.3, -0.25) is 38.9 Å². The van der Waals surface area contributed by atoms with Gasteiger partial charge in [0.05, 0.1) is 65.7 Å². The van der Waals surface area contributed by atoms with Crippen molar-refractivity contribution in [1.29, 1.82) is 5.26 Å². The Balaban J connectivity index is 1.91. The fourth-order valence-corrected chi connectivity index (χ4v) is 5.69. The molecule has 22 nitrogen and oxygen atoms in total. The number of aliphatic hydroxyl groups is 1. The summed E-state index contributed by atoms with van der Waals surface area (Å²) in [7, 11) is 0.617. The van der Waals surface area contributed by atoms with Crippen molar-refractivity contribution in [1.82, 2.24) is 35.7 Å². The number of carbonyl (C=O) groups is 5. The van der Waals surface area contributed by atoms with Crippen molar-refractivity contribution < 1.29 is 57.1 Å². The Labute approximate surface area is 299 Å². The first-order valence-corrected chi connectivity index (χ1v) is 17.6. The van der Waals surface area contributed by atoms with Crippen LogP contribution < -0.4 is 32.5 Å². The summed E-state index contributed by atoms with van der Waals surface area (Å²) in [5, 5.41) is 29.4. The van der Waals surface area contributed by atoms with Crippen molar-refractivity contribution >= 4 is 38.0 Å². The number of H-pyrrole nitrogens is 1. The number of carbonyl (C=O) groups excluding carboxylic acids is 5. The monoisotopic (exact) mass is 760 g/mol. The smallest absolute Gasteiger partial charge is 0.396 e. The Bertz CT molecular complexity index is 1450. The highest BCUT2D eigenvalue weighted by atomic mass is 31.2. The van der Waals surface area contributed by atoms with Crippen LogP contribution in [0, 0.1) is 11.3 Å². The molecular weight excluding hydrogens is 715 g/mol. The minimum absolute atomic E-state index is 0.0226. The van der Waals surface area contributed by atoms with Gasteiger partial charge >= 0.3 is 29.4 Å². The topological polar surface area (TPSA) is 291 Å². The molecule has 3 amide bonds. The molecule has 0 radical (unpaired) electrons. The normalized spacial score (nSPS) is 18.6. The van der Waals surface area contributed by atoms with E-state index >= 15 is 0 Å². The molecule has 1 fully saturated rings. The third-order valence-corrected chi connectivity index (χ3v) is 8.30. The lowest BCUT2D eigenvalue weighted by atomic mass is 10.1. The summed E-state index contributed by atoms with van der Waals surface area (Å²) in [6, 6.07) is 2.32. The number of aliphatic hydroxyl groups excluding tert-OH is 1. The van der Waals surface area contributed by atoms with Gasteiger partial charge in [0, 0.05) is 58.2 Å². The number of hydrogen-bond donors (Lipinski definition) is 6. The van der Waals surface area contributed by atoms with Gasteiger partial charge < -0.3 is 49.1 Å². The summed E-state index contributed by atoms with van der Waals surface area (Å²) < 4.78 is 33.0. The van der Waals surface area contributed by atoms with Gasteiger partial charge in [-0.2, -0.15) is 5.26 Å². The molecule has 0 saturated carbocycles. The molecule has 0 bridgehead atoms. The molecular formula is C29H45N8O14P. The highest BCUT2D eigenvalue weighted by Gasteiger charge is 2.47. The number of methoxy groups -OCH3 is 2. The SMILES string of the molecule is COC(=O)C(=O)NCCN(CCNC(=O)CCOCNC1C(OP(C)OCCC#N)C(CO)OC1n1ccc(=O)[nH]c1=O)CCNC(=O)C(=O)OC. The lowest BCUT2D eigenvalue weighted by Gasteiger charge is -2.27. The summed E-state index contributed by atoms with van der Waals surface area (Å²) >= 11 is 0. The van der Waals surface area contributed by atoms with Gasteiger partial charge in [-0.05, 0) is 0 Å². The van der Waals surface area contributed by atoms with Crippen LogP contribution >= 0.6 is 8.38 Å². The Morgan fingerprint density at radius 2 is 1.63 bits per heavy atom. The molecule has 1 aromatic rings. The van der Waals surface area contributed by atoms with Gasteiger partial charge in [0.25, 0.3) is 5.56 Å². The minimum Gasteiger partial charge on any atom is -0.462 e. The summed E-state index contributed by atoms with van der Waals surface area (Å²) in [4.78, 5) is 86.7.